The topological polar surface area (TPSA) is 66.4 Å². The molecule has 1 amide bonds. The minimum atomic E-state index is -1.06. The zero-order valence-electron chi connectivity index (χ0n) is 10.1. The van der Waals surface area contributed by atoms with Crippen molar-refractivity contribution in [2.24, 2.45) is 0 Å². The number of hydrogen-bond acceptors (Lipinski definition) is 3. The van der Waals surface area contributed by atoms with Gasteiger partial charge in [0.25, 0.3) is 0 Å². The van der Waals surface area contributed by atoms with Crippen molar-refractivity contribution in [3.63, 3.8) is 0 Å². The third-order valence-corrected chi connectivity index (χ3v) is 3.21. The number of carboxylic acids is 1. The van der Waals surface area contributed by atoms with Gasteiger partial charge in [-0.25, -0.2) is 4.79 Å². The van der Waals surface area contributed by atoms with E-state index < -0.39 is 12.0 Å². The fourth-order valence-corrected chi connectivity index (χ4v) is 2.37. The molecule has 6 heteroatoms. The number of nitrogens with one attached hydrogen (secondary N) is 1. The van der Waals surface area contributed by atoms with Crippen molar-refractivity contribution < 1.29 is 14.7 Å². The van der Waals surface area contributed by atoms with Crippen LogP contribution in [0.25, 0.3) is 0 Å². The molecule has 0 saturated heterocycles. The van der Waals surface area contributed by atoms with Crippen LogP contribution in [-0.4, -0.2) is 29.3 Å². The van der Waals surface area contributed by atoms with Crippen LogP contribution in [0.2, 0.25) is 5.02 Å². The highest BCUT2D eigenvalue weighted by Gasteiger charge is 2.19. The first-order chi connectivity index (χ1) is 8.42. The zero-order chi connectivity index (χ0) is 13.7. The summed E-state index contributed by atoms with van der Waals surface area (Å²) >= 11 is 7.48. The van der Waals surface area contributed by atoms with E-state index in [-0.39, 0.29) is 12.3 Å². The van der Waals surface area contributed by atoms with Gasteiger partial charge < -0.3 is 10.4 Å². The molecule has 0 bridgehead atoms. The number of hydrogen-bond donors (Lipinski definition) is 2. The molecule has 0 heterocycles. The second-order valence-corrected chi connectivity index (χ2v) is 5.11. The zero-order valence-corrected chi connectivity index (χ0v) is 11.6. The van der Waals surface area contributed by atoms with Gasteiger partial charge in [-0.15, -0.1) is 11.8 Å². The Bertz CT molecular complexity index is 465. The normalized spacial score (nSPS) is 11.9. The second-order valence-electron chi connectivity index (χ2n) is 3.79. The minimum absolute atomic E-state index is 0.211. The summed E-state index contributed by atoms with van der Waals surface area (Å²) in [6.07, 6.45) is 2.13. The molecule has 0 aromatic heterocycles. The number of rotatable bonds is 5. The fraction of sp³-hybridized carbons (Fsp3) is 0.333. The molecule has 1 unspecified atom stereocenters. The van der Waals surface area contributed by atoms with Crippen LogP contribution in [0, 0.1) is 0 Å². The Morgan fingerprint density at radius 3 is 2.61 bits per heavy atom. The number of carbonyl (C=O) groups excluding carboxylic acids is 1. The first kappa shape index (κ1) is 14.9. The van der Waals surface area contributed by atoms with Gasteiger partial charge in [-0.3, -0.25) is 4.79 Å². The van der Waals surface area contributed by atoms with Crippen LogP contribution in [0.15, 0.2) is 23.1 Å². The Balaban J connectivity index is 2.89. The molecule has 0 aliphatic heterocycles. The van der Waals surface area contributed by atoms with Gasteiger partial charge in [-0.05, 0) is 30.0 Å². The number of carbonyl (C=O) groups is 2. The monoisotopic (exact) mass is 287 g/mol. The quantitative estimate of drug-likeness (QED) is 0.815. The summed E-state index contributed by atoms with van der Waals surface area (Å²) in [5.74, 6) is -1.43. The van der Waals surface area contributed by atoms with E-state index in [0.29, 0.717) is 5.02 Å². The second kappa shape index (κ2) is 6.66. The molecule has 0 spiro atoms. The molecular formula is C12H14ClNO3S. The van der Waals surface area contributed by atoms with Crippen molar-refractivity contribution in [2.75, 3.05) is 6.26 Å². The number of benzene rings is 1. The largest absolute Gasteiger partial charge is 0.480 e. The van der Waals surface area contributed by atoms with E-state index >= 15 is 0 Å². The molecule has 4 nitrogen and oxygen atoms in total. The molecule has 1 atom stereocenters. The fourth-order valence-electron chi connectivity index (χ4n) is 1.54. The lowest BCUT2D eigenvalue weighted by molar-refractivity contribution is -0.141. The molecule has 1 aromatic carbocycles. The van der Waals surface area contributed by atoms with E-state index in [9.17, 15) is 9.59 Å². The number of aliphatic carboxylic acids is 1. The standard InChI is InChI=1S/C12H14ClNO3S/c1-7(15)14-11(12(16)17)5-8-3-9(13)6-10(4-8)18-2/h3-4,6,11H,5H2,1-2H3,(H,14,15)(H,16,17). The van der Waals surface area contributed by atoms with Gasteiger partial charge in [0.15, 0.2) is 0 Å². The lowest BCUT2D eigenvalue weighted by Crippen LogP contribution is -2.41. The highest BCUT2D eigenvalue weighted by atomic mass is 35.5. The van der Waals surface area contributed by atoms with E-state index in [1.807, 2.05) is 18.4 Å². The predicted molar refractivity (Wildman–Crippen MR) is 72.2 cm³/mol. The summed E-state index contributed by atoms with van der Waals surface area (Å²) in [5, 5.41) is 12.0. The summed E-state index contributed by atoms with van der Waals surface area (Å²) in [5.41, 5.74) is 0.785. The first-order valence-electron chi connectivity index (χ1n) is 5.25. The average molecular weight is 288 g/mol. The third-order valence-electron chi connectivity index (χ3n) is 2.28. The molecule has 0 fully saturated rings. The van der Waals surface area contributed by atoms with Gasteiger partial charge in [0, 0.05) is 23.3 Å². The maximum absolute atomic E-state index is 11.0. The molecule has 18 heavy (non-hydrogen) atoms. The average Bonchev–Trinajstić information content (AvgIpc) is 2.26. The van der Waals surface area contributed by atoms with E-state index in [1.54, 1.807) is 6.07 Å². The lowest BCUT2D eigenvalue weighted by Gasteiger charge is -2.14. The van der Waals surface area contributed by atoms with Gasteiger partial charge in [0.2, 0.25) is 5.91 Å². The van der Waals surface area contributed by atoms with Crippen molar-refractivity contribution in [1.29, 1.82) is 0 Å². The Hall–Kier alpha value is -1.20. The van der Waals surface area contributed by atoms with Gasteiger partial charge in [-0.1, -0.05) is 11.6 Å². The van der Waals surface area contributed by atoms with Gasteiger partial charge in [-0.2, -0.15) is 0 Å². The van der Waals surface area contributed by atoms with Crippen molar-refractivity contribution in [3.05, 3.63) is 28.8 Å². The molecule has 0 aliphatic carbocycles. The Morgan fingerprint density at radius 2 is 2.11 bits per heavy atom. The van der Waals surface area contributed by atoms with E-state index in [0.717, 1.165) is 10.5 Å². The highest BCUT2D eigenvalue weighted by Crippen LogP contribution is 2.23. The Labute approximate surface area is 115 Å². The SMILES string of the molecule is CSc1cc(Cl)cc(CC(NC(C)=O)C(=O)O)c1. The van der Waals surface area contributed by atoms with Crippen molar-refractivity contribution >= 4 is 35.2 Å². The smallest absolute Gasteiger partial charge is 0.326 e. The molecule has 0 aliphatic rings. The van der Waals surface area contributed by atoms with Gasteiger partial charge >= 0.3 is 5.97 Å². The van der Waals surface area contributed by atoms with Crippen LogP contribution in [0.1, 0.15) is 12.5 Å². The highest BCUT2D eigenvalue weighted by molar-refractivity contribution is 7.98. The maximum Gasteiger partial charge on any atom is 0.326 e. The predicted octanol–water partition coefficient (Wildman–Crippen LogP) is 2.19. The number of carboxylic acid groups (broad SMARTS) is 1. The lowest BCUT2D eigenvalue weighted by atomic mass is 10.1. The molecule has 98 valence electrons. The molecule has 1 rings (SSSR count). The van der Waals surface area contributed by atoms with Crippen LogP contribution in [0.4, 0.5) is 0 Å². The maximum atomic E-state index is 11.0. The Morgan fingerprint density at radius 1 is 1.44 bits per heavy atom. The summed E-state index contributed by atoms with van der Waals surface area (Å²) < 4.78 is 0. The number of thioether (sulfide) groups is 1. The third kappa shape index (κ3) is 4.58. The molecule has 2 N–H and O–H groups in total. The van der Waals surface area contributed by atoms with Crippen LogP contribution < -0.4 is 5.32 Å². The molecule has 0 saturated carbocycles. The van der Waals surface area contributed by atoms with Crippen molar-refractivity contribution in [3.8, 4) is 0 Å². The first-order valence-corrected chi connectivity index (χ1v) is 6.86. The summed E-state index contributed by atoms with van der Waals surface area (Å²) in [4.78, 5) is 22.9. The van der Waals surface area contributed by atoms with Crippen molar-refractivity contribution in [2.45, 2.75) is 24.3 Å². The number of amides is 1. The molecule has 0 radical (unpaired) electrons. The summed E-state index contributed by atoms with van der Waals surface area (Å²) in [7, 11) is 0. The van der Waals surface area contributed by atoms with Crippen molar-refractivity contribution in [1.82, 2.24) is 5.32 Å². The Kier molecular flexibility index (Phi) is 5.50. The van der Waals surface area contributed by atoms with Crippen LogP contribution in [0.3, 0.4) is 0 Å². The minimum Gasteiger partial charge on any atom is -0.480 e. The van der Waals surface area contributed by atoms with E-state index in [2.05, 4.69) is 5.32 Å². The van der Waals surface area contributed by atoms with E-state index in [4.69, 9.17) is 16.7 Å². The van der Waals surface area contributed by atoms with Gasteiger partial charge in [0.1, 0.15) is 6.04 Å². The summed E-state index contributed by atoms with van der Waals surface area (Å²) in [6.45, 7) is 1.29. The van der Waals surface area contributed by atoms with Crippen LogP contribution in [0.5, 0.6) is 0 Å². The molecular weight excluding hydrogens is 274 g/mol. The van der Waals surface area contributed by atoms with E-state index in [1.165, 1.54) is 18.7 Å². The van der Waals surface area contributed by atoms with Crippen LogP contribution in [-0.2, 0) is 16.0 Å². The summed E-state index contributed by atoms with van der Waals surface area (Å²) in [6, 6.07) is 4.45. The van der Waals surface area contributed by atoms with Crippen LogP contribution >= 0.6 is 23.4 Å². The van der Waals surface area contributed by atoms with Gasteiger partial charge in [0.05, 0.1) is 0 Å². The molecule has 1 aromatic rings. The number of halogens is 1.